The Bertz CT molecular complexity index is 620. The molecule has 0 aliphatic carbocycles. The number of amides is 1. The van der Waals surface area contributed by atoms with Crippen molar-refractivity contribution >= 4 is 5.91 Å². The van der Waals surface area contributed by atoms with Gasteiger partial charge in [-0.25, -0.2) is 0 Å². The van der Waals surface area contributed by atoms with Gasteiger partial charge in [0.15, 0.2) is 0 Å². The largest absolute Gasteiger partial charge is 0.417 e. The topological polar surface area (TPSA) is 29.5 Å². The minimum Gasteiger partial charge on any atom is -0.381 e. The SMILES string of the molecule is CCN(C(=O)c1ccc(C(F)(F)F)cc1C(F)(F)F)C1CCOCC1. The van der Waals surface area contributed by atoms with Gasteiger partial charge in [0.1, 0.15) is 0 Å². The lowest BCUT2D eigenvalue weighted by Gasteiger charge is -2.34. The van der Waals surface area contributed by atoms with Crippen molar-refractivity contribution < 1.29 is 35.9 Å². The first-order chi connectivity index (χ1) is 11.6. The first kappa shape index (κ1) is 19.6. The average Bonchev–Trinajstić information content (AvgIpc) is 2.54. The number of nitrogens with zero attached hydrogens (tertiary/aromatic N) is 1. The molecule has 9 heteroatoms. The van der Waals surface area contributed by atoms with Crippen LogP contribution in [0.25, 0.3) is 0 Å². The predicted molar refractivity (Wildman–Crippen MR) is 77.0 cm³/mol. The van der Waals surface area contributed by atoms with Gasteiger partial charge in [0.05, 0.1) is 16.7 Å². The summed E-state index contributed by atoms with van der Waals surface area (Å²) in [7, 11) is 0. The Balaban J connectivity index is 2.43. The quantitative estimate of drug-likeness (QED) is 0.741. The van der Waals surface area contributed by atoms with Crippen LogP contribution in [0.4, 0.5) is 26.3 Å². The summed E-state index contributed by atoms with van der Waals surface area (Å²) in [5.74, 6) is -0.921. The van der Waals surface area contributed by atoms with Crippen LogP contribution < -0.4 is 0 Å². The van der Waals surface area contributed by atoms with E-state index in [9.17, 15) is 31.1 Å². The van der Waals surface area contributed by atoms with Crippen LogP contribution in [0.2, 0.25) is 0 Å². The number of benzene rings is 1. The summed E-state index contributed by atoms with van der Waals surface area (Å²) in [5.41, 5.74) is -3.78. The Morgan fingerprint density at radius 1 is 1.12 bits per heavy atom. The smallest absolute Gasteiger partial charge is 0.381 e. The van der Waals surface area contributed by atoms with Gasteiger partial charge in [-0.05, 0) is 38.0 Å². The van der Waals surface area contributed by atoms with E-state index < -0.39 is 35.0 Å². The second kappa shape index (κ2) is 7.23. The molecule has 0 radical (unpaired) electrons. The van der Waals surface area contributed by atoms with Crippen LogP contribution >= 0.6 is 0 Å². The van der Waals surface area contributed by atoms with E-state index in [0.717, 1.165) is 0 Å². The Morgan fingerprint density at radius 2 is 1.72 bits per heavy atom. The molecule has 1 amide bonds. The molecule has 1 heterocycles. The molecule has 3 nitrogen and oxygen atoms in total. The molecule has 25 heavy (non-hydrogen) atoms. The van der Waals surface area contributed by atoms with Crippen LogP contribution in [-0.2, 0) is 17.1 Å². The molecular formula is C16H17F6NO2. The highest BCUT2D eigenvalue weighted by Crippen LogP contribution is 2.38. The molecule has 0 unspecified atom stereocenters. The molecule has 2 rings (SSSR count). The number of halogens is 6. The second-order valence-electron chi connectivity index (χ2n) is 5.69. The van der Waals surface area contributed by atoms with Gasteiger partial charge in [0, 0.05) is 25.8 Å². The summed E-state index contributed by atoms with van der Waals surface area (Å²) in [4.78, 5) is 13.9. The molecule has 0 N–H and O–H groups in total. The van der Waals surface area contributed by atoms with E-state index in [0.29, 0.717) is 38.2 Å². The first-order valence-electron chi connectivity index (χ1n) is 7.73. The van der Waals surface area contributed by atoms with Gasteiger partial charge in [-0.15, -0.1) is 0 Å². The van der Waals surface area contributed by atoms with E-state index >= 15 is 0 Å². The van der Waals surface area contributed by atoms with Crippen LogP contribution in [0.1, 0.15) is 41.3 Å². The highest BCUT2D eigenvalue weighted by Gasteiger charge is 2.40. The summed E-state index contributed by atoms with van der Waals surface area (Å²) in [6.45, 7) is 2.54. The highest BCUT2D eigenvalue weighted by atomic mass is 19.4. The fourth-order valence-electron chi connectivity index (χ4n) is 2.86. The third kappa shape index (κ3) is 4.45. The molecular weight excluding hydrogens is 352 g/mol. The highest BCUT2D eigenvalue weighted by molar-refractivity contribution is 5.96. The number of ether oxygens (including phenoxy) is 1. The molecule has 1 aromatic rings. The lowest BCUT2D eigenvalue weighted by molar-refractivity contribution is -0.143. The maximum Gasteiger partial charge on any atom is 0.417 e. The molecule has 1 aromatic carbocycles. The van der Waals surface area contributed by atoms with Crippen molar-refractivity contribution in [3.63, 3.8) is 0 Å². The summed E-state index contributed by atoms with van der Waals surface area (Å²) >= 11 is 0. The Labute approximate surface area is 140 Å². The van der Waals surface area contributed by atoms with E-state index in [1.807, 2.05) is 0 Å². The van der Waals surface area contributed by atoms with Gasteiger partial charge < -0.3 is 9.64 Å². The van der Waals surface area contributed by atoms with Crippen LogP contribution in [-0.4, -0.2) is 36.6 Å². The summed E-state index contributed by atoms with van der Waals surface area (Å²) in [5, 5.41) is 0. The zero-order valence-electron chi connectivity index (χ0n) is 13.4. The maximum absolute atomic E-state index is 13.2. The van der Waals surface area contributed by atoms with Crippen LogP contribution in [0, 0.1) is 0 Å². The zero-order valence-corrected chi connectivity index (χ0v) is 13.4. The van der Waals surface area contributed by atoms with Crippen molar-refractivity contribution in [3.8, 4) is 0 Å². The van der Waals surface area contributed by atoms with E-state index in [-0.39, 0.29) is 18.7 Å². The van der Waals surface area contributed by atoms with Crippen LogP contribution in [0.15, 0.2) is 18.2 Å². The molecule has 140 valence electrons. The van der Waals surface area contributed by atoms with Gasteiger partial charge in [-0.3, -0.25) is 4.79 Å². The molecule has 0 aromatic heterocycles. The third-order valence-corrected chi connectivity index (χ3v) is 4.12. The summed E-state index contributed by atoms with van der Waals surface area (Å²) in [6, 6.07) is 0.802. The van der Waals surface area contributed by atoms with Gasteiger partial charge in [-0.2, -0.15) is 26.3 Å². The number of carbonyl (C=O) groups is 1. The summed E-state index contributed by atoms with van der Waals surface area (Å²) < 4.78 is 83.0. The zero-order chi connectivity index (χ0) is 18.8. The van der Waals surface area contributed by atoms with Crippen molar-refractivity contribution in [2.45, 2.75) is 38.2 Å². The van der Waals surface area contributed by atoms with Crippen molar-refractivity contribution in [3.05, 3.63) is 34.9 Å². The van der Waals surface area contributed by atoms with Crippen molar-refractivity contribution in [2.75, 3.05) is 19.8 Å². The number of carbonyl (C=O) groups excluding carboxylic acids is 1. The fraction of sp³-hybridized carbons (Fsp3) is 0.562. The Morgan fingerprint density at radius 3 is 2.20 bits per heavy atom. The van der Waals surface area contributed by atoms with Crippen molar-refractivity contribution in [1.82, 2.24) is 4.90 Å². The second-order valence-corrected chi connectivity index (χ2v) is 5.69. The van der Waals surface area contributed by atoms with Gasteiger partial charge in [0.2, 0.25) is 0 Å². The maximum atomic E-state index is 13.2. The molecule has 1 aliphatic heterocycles. The fourth-order valence-corrected chi connectivity index (χ4v) is 2.86. The summed E-state index contributed by atoms with van der Waals surface area (Å²) in [6.07, 6.45) is -9.04. The lowest BCUT2D eigenvalue weighted by atomic mass is 9.99. The van der Waals surface area contributed by atoms with Crippen LogP contribution in [0.5, 0.6) is 0 Å². The van der Waals surface area contributed by atoms with Gasteiger partial charge >= 0.3 is 12.4 Å². The average molecular weight is 369 g/mol. The molecule has 1 aliphatic rings. The molecule has 0 atom stereocenters. The molecule has 0 spiro atoms. The first-order valence-corrected chi connectivity index (χ1v) is 7.73. The normalized spacial score (nSPS) is 16.8. The number of rotatable bonds is 3. The number of hydrogen-bond acceptors (Lipinski definition) is 2. The van der Waals surface area contributed by atoms with E-state index in [1.54, 1.807) is 6.92 Å². The van der Waals surface area contributed by atoms with E-state index in [4.69, 9.17) is 4.74 Å². The minimum atomic E-state index is -5.07. The predicted octanol–water partition coefficient (Wildman–Crippen LogP) is 4.37. The Hall–Kier alpha value is -1.77. The van der Waals surface area contributed by atoms with Crippen LogP contribution in [0.3, 0.4) is 0 Å². The van der Waals surface area contributed by atoms with Crippen molar-refractivity contribution in [2.24, 2.45) is 0 Å². The molecule has 1 fully saturated rings. The number of hydrogen-bond donors (Lipinski definition) is 0. The lowest BCUT2D eigenvalue weighted by Crippen LogP contribution is -2.43. The van der Waals surface area contributed by atoms with Gasteiger partial charge in [0.25, 0.3) is 5.91 Å². The van der Waals surface area contributed by atoms with Crippen molar-refractivity contribution in [1.29, 1.82) is 0 Å². The van der Waals surface area contributed by atoms with E-state index in [2.05, 4.69) is 0 Å². The standard InChI is InChI=1S/C16H17F6NO2/c1-2-23(11-5-7-25-8-6-11)14(24)12-4-3-10(15(17,18)19)9-13(12)16(20,21)22/h3-4,9,11H,2,5-8H2,1H3. The third-order valence-electron chi connectivity index (χ3n) is 4.12. The monoisotopic (exact) mass is 369 g/mol. The number of alkyl halides is 6. The van der Waals surface area contributed by atoms with E-state index in [1.165, 1.54) is 4.90 Å². The minimum absolute atomic E-state index is 0.00887. The molecule has 0 bridgehead atoms. The van der Waals surface area contributed by atoms with Gasteiger partial charge in [-0.1, -0.05) is 0 Å². The molecule has 0 saturated carbocycles. The molecule has 1 saturated heterocycles. The Kier molecular flexibility index (Phi) is 5.65.